The standard InChI is InChI=1S/C19H24ClN5O3S.3C19H24ClN5O2S.C18H24N4O3S/c1-12-6-14(7-16(20)21-12)19-22-17(24-29(3,26)15-10-28-11-15)8-18(23-19)25-4-5-27-9-13(25)2;3*1-12-8-14(9-16(20)21-12)19-22-17(24-28(3,26)15-4-5-15)10-18(23-19)25-6-7-27-11-13(25)2;1-13-12-25-9-8-22(13)17-11-16(21-26(3,4)23)19-18(20-17)14-6-5-7-15(10-14)24-2/h6-8,13,15H,4-5,9-11H2,1-3H3;3*8-10,13,15H,4-7,11H2,1-3H3;5-7,10-11,13H,8-9,12H2,1-4H3/t13-,29?;13-,28?;13-,28+;13-,28-;13-/m11111/s1. The van der Waals surface area contributed by atoms with E-state index in [1.165, 1.54) is 0 Å². The average molecular weight is 2080 g/mol. The third-order valence-corrected chi connectivity index (χ3v) is 34.2. The molecule has 6 aliphatic heterocycles. The third kappa shape index (κ3) is 28.4. The second-order valence-corrected chi connectivity index (χ2v) is 50.9. The lowest BCUT2D eigenvalue weighted by Gasteiger charge is -2.34. The van der Waals surface area contributed by atoms with Gasteiger partial charge in [-0.15, -0.1) is 0 Å². The molecule has 10 aromatic rings. The van der Waals surface area contributed by atoms with Gasteiger partial charge >= 0.3 is 0 Å². The van der Waals surface area contributed by atoms with Gasteiger partial charge in [0, 0.05) is 177 Å². The van der Waals surface area contributed by atoms with Gasteiger partial charge in [0.15, 0.2) is 58.2 Å². The molecule has 36 nitrogen and oxygen atoms in total. The molecule has 0 spiro atoms. The summed E-state index contributed by atoms with van der Waals surface area (Å²) < 4.78 is 125. The van der Waals surface area contributed by atoms with Gasteiger partial charge < -0.3 is 57.7 Å². The van der Waals surface area contributed by atoms with Crippen LogP contribution >= 0.6 is 46.4 Å². The molecule has 3 saturated carbocycles. The zero-order valence-electron chi connectivity index (χ0n) is 81.0. The fourth-order valence-corrected chi connectivity index (χ4v) is 23.8. The van der Waals surface area contributed by atoms with E-state index < -0.39 is 48.6 Å². The van der Waals surface area contributed by atoms with Crippen molar-refractivity contribution in [2.45, 2.75) is 152 Å². The molecule has 3 aliphatic carbocycles. The van der Waals surface area contributed by atoms with Crippen LogP contribution in [-0.2, 0) is 77.1 Å². The van der Waals surface area contributed by atoms with Crippen LogP contribution in [0, 0.1) is 27.7 Å². The molecule has 6 saturated heterocycles. The van der Waals surface area contributed by atoms with Crippen molar-refractivity contribution >= 4 is 153 Å². The van der Waals surface area contributed by atoms with Crippen molar-refractivity contribution < 1.29 is 54.2 Å². The van der Waals surface area contributed by atoms with Crippen molar-refractivity contribution in [3.8, 4) is 62.7 Å². The van der Waals surface area contributed by atoms with Gasteiger partial charge in [-0.2, -0.15) is 21.8 Å². The molecule has 45 heteroatoms. The minimum Gasteiger partial charge on any atom is -0.497 e. The normalized spacial score (nSPS) is 21.2. The zero-order valence-corrected chi connectivity index (χ0v) is 88.1. The van der Waals surface area contributed by atoms with Crippen molar-refractivity contribution in [1.29, 1.82) is 0 Å². The predicted molar refractivity (Wildman–Crippen MR) is 553 cm³/mol. The van der Waals surface area contributed by atoms with Crippen LogP contribution in [0.4, 0.5) is 58.2 Å². The number of morpholine rings is 5. The Balaban J connectivity index is 0.000000132. The van der Waals surface area contributed by atoms with E-state index in [0.717, 1.165) is 150 Å². The Hall–Kier alpha value is -9.31. The lowest BCUT2D eigenvalue weighted by Crippen LogP contribution is -2.44. The molecule has 2 unspecified atom stereocenters. The van der Waals surface area contributed by atoms with E-state index in [1.807, 2.05) is 94.4 Å². The topological polar surface area (TPSA) is 408 Å². The van der Waals surface area contributed by atoms with Crippen molar-refractivity contribution in [3.05, 3.63) is 147 Å². The Kier molecular flexibility index (Phi) is 33.8. The van der Waals surface area contributed by atoms with Crippen LogP contribution in [-0.4, -0.2) is 299 Å². The molecule has 1 aromatic carbocycles. The number of hydrogen-bond acceptors (Lipinski definition) is 36. The fourth-order valence-electron chi connectivity index (χ4n) is 16.1. The molecular formula is C94H120Cl4N24O12S5. The third-order valence-electron chi connectivity index (χ3n) is 23.9. The summed E-state index contributed by atoms with van der Waals surface area (Å²) in [5.41, 5.74) is 7.00. The molecule has 0 radical (unpaired) electrons. The van der Waals surface area contributed by atoms with Crippen LogP contribution in [0.3, 0.4) is 0 Å². The van der Waals surface area contributed by atoms with Gasteiger partial charge in [0.1, 0.15) is 55.5 Å². The number of aromatic nitrogens is 14. The summed E-state index contributed by atoms with van der Waals surface area (Å²) in [6, 6.07) is 32.0. The molecule has 0 N–H and O–H groups in total. The highest BCUT2D eigenvalue weighted by atomic mass is 35.5. The monoisotopic (exact) mass is 2080 g/mol. The number of aryl methyl sites for hydroxylation is 4. The molecular weight excluding hydrogens is 1960 g/mol. The van der Waals surface area contributed by atoms with Crippen LogP contribution in [0.1, 0.15) is 95.9 Å². The number of nitrogens with zero attached hydrogens (tertiary/aromatic N) is 24. The van der Waals surface area contributed by atoms with Gasteiger partial charge in [0.05, 0.1) is 161 Å². The molecule has 746 valence electrons. The molecule has 139 heavy (non-hydrogen) atoms. The highest BCUT2D eigenvalue weighted by molar-refractivity contribution is 7.94. The van der Waals surface area contributed by atoms with Crippen LogP contribution in [0.5, 0.6) is 5.75 Å². The van der Waals surface area contributed by atoms with Crippen molar-refractivity contribution in [2.75, 3.05) is 181 Å². The molecule has 9 fully saturated rings. The first-order chi connectivity index (χ1) is 66.1. The van der Waals surface area contributed by atoms with Gasteiger partial charge in [0.25, 0.3) is 0 Å². The summed E-state index contributed by atoms with van der Waals surface area (Å²) in [6.07, 6.45) is 15.8. The Morgan fingerprint density at radius 3 is 0.763 bits per heavy atom. The number of pyridine rings is 4. The second-order valence-electron chi connectivity index (χ2n) is 36.5. The Morgan fingerprint density at radius 2 is 0.547 bits per heavy atom. The lowest BCUT2D eigenvalue weighted by atomic mass is 10.2. The van der Waals surface area contributed by atoms with Gasteiger partial charge in [-0.3, -0.25) is 0 Å². The van der Waals surface area contributed by atoms with Gasteiger partial charge in [0.2, 0.25) is 0 Å². The summed E-state index contributed by atoms with van der Waals surface area (Å²) >= 11 is 24.6. The number of rotatable bonds is 20. The zero-order chi connectivity index (χ0) is 99.0. The van der Waals surface area contributed by atoms with E-state index in [1.54, 1.807) is 81.0 Å². The van der Waals surface area contributed by atoms with E-state index in [4.69, 9.17) is 104 Å². The quantitative estimate of drug-likeness (QED) is 0.0639. The maximum atomic E-state index is 13.1. The largest absolute Gasteiger partial charge is 0.497 e. The second kappa shape index (κ2) is 45.1. The molecule has 9 aromatic heterocycles. The number of halogens is 4. The van der Waals surface area contributed by atoms with Crippen molar-refractivity contribution in [2.24, 2.45) is 21.8 Å². The number of benzene rings is 1. The summed E-state index contributed by atoms with van der Waals surface area (Å²) in [7, 11) is -10.1. The average Bonchev–Trinajstić information content (AvgIpc) is 1.77. The maximum Gasteiger partial charge on any atom is 0.167 e. The first-order valence-corrected chi connectivity index (χ1v) is 57.9. The summed E-state index contributed by atoms with van der Waals surface area (Å²) in [6.45, 7) is 28.9. The molecule has 0 bridgehead atoms. The smallest absolute Gasteiger partial charge is 0.167 e. The fraction of sp³-hybridized carbons (Fsp3) is 0.511. The van der Waals surface area contributed by atoms with Gasteiger partial charge in [-0.1, -0.05) is 58.5 Å². The van der Waals surface area contributed by atoms with Gasteiger partial charge in [-0.25, -0.2) is 90.8 Å². The number of methoxy groups -OCH3 is 1. The van der Waals surface area contributed by atoms with E-state index in [-0.39, 0.29) is 51.2 Å². The highest BCUT2D eigenvalue weighted by Crippen LogP contribution is 2.40. The molecule has 15 heterocycles. The number of hydrogen-bond donors (Lipinski definition) is 0. The minimum absolute atomic E-state index is 0.0794. The van der Waals surface area contributed by atoms with E-state index in [9.17, 15) is 21.0 Å². The first-order valence-electron chi connectivity index (χ1n) is 46.1. The van der Waals surface area contributed by atoms with Gasteiger partial charge in [-0.05, 0) is 162 Å². The number of ether oxygens (including phenoxy) is 7. The summed E-state index contributed by atoms with van der Waals surface area (Å²) in [5.74, 6) is 9.19. The Morgan fingerprint density at radius 1 is 0.302 bits per heavy atom. The minimum atomic E-state index is -2.47. The van der Waals surface area contributed by atoms with E-state index in [0.29, 0.717) is 165 Å². The van der Waals surface area contributed by atoms with Crippen LogP contribution in [0.2, 0.25) is 20.6 Å². The SMILES string of the molecule is COc1cccc(-c2nc(N=S(C)(C)=O)cc(N3CCOC[C@H]3C)n2)c1.Cc1cc(-c2nc(N=S(C)(=O)C3CC3)cc(N3CCOC[C@H]3C)n2)cc(Cl)n1.Cc1cc(-c2nc(N=S(C)(=O)C3COC3)cc(N3CCOC[C@H]3C)n2)cc(Cl)n1.Cc1cc(-c2nc(N=[S@@](C)(=O)C3CC3)cc(N3CCOC[C@H]3C)n2)cc(Cl)n1.Cc1cc(-c2nc(N=[S@](C)(=O)C3CC3)cc(N3CCOC[C@H]3C)n2)cc(Cl)n1. The number of anilines is 5. The highest BCUT2D eigenvalue weighted by Gasteiger charge is 2.36. The molecule has 19 rings (SSSR count). The van der Waals surface area contributed by atoms with Crippen molar-refractivity contribution in [1.82, 2.24) is 69.8 Å². The van der Waals surface area contributed by atoms with Crippen LogP contribution in [0.15, 0.2) is 125 Å². The summed E-state index contributed by atoms with van der Waals surface area (Å²) in [5, 5.41) is 1.94. The first kappa shape index (κ1) is 104. The van der Waals surface area contributed by atoms with E-state index in [2.05, 4.69) is 126 Å². The lowest BCUT2D eigenvalue weighted by molar-refractivity contribution is 0.0431. The van der Waals surface area contributed by atoms with Crippen LogP contribution in [0.25, 0.3) is 56.9 Å². The molecule has 0 amide bonds. The molecule has 9 aliphatic rings. The predicted octanol–water partition coefficient (Wildman–Crippen LogP) is 16.4. The summed E-state index contributed by atoms with van der Waals surface area (Å²) in [4.78, 5) is 74.4. The Labute approximate surface area is 835 Å². The maximum absolute atomic E-state index is 13.1. The molecule has 9 atom stereocenters. The Bertz CT molecular complexity index is 6390. The van der Waals surface area contributed by atoms with Crippen LogP contribution < -0.4 is 29.2 Å². The van der Waals surface area contributed by atoms with E-state index >= 15 is 0 Å². The van der Waals surface area contributed by atoms with Crippen molar-refractivity contribution in [3.63, 3.8) is 0 Å².